The third-order valence-electron chi connectivity index (χ3n) is 3.33. The number of carboxylic acids is 1. The molecule has 0 saturated carbocycles. The van der Waals surface area contributed by atoms with E-state index >= 15 is 0 Å². The first-order valence-electron chi connectivity index (χ1n) is 7.04. The number of carboxylic acid groups (broad SMARTS) is 1. The molecule has 21 heavy (non-hydrogen) atoms. The van der Waals surface area contributed by atoms with Crippen LogP contribution in [0.3, 0.4) is 0 Å². The molecule has 1 heterocycles. The number of carbonyl (C=O) groups excluding carboxylic acids is 1. The number of aliphatic carboxylic acids is 1. The van der Waals surface area contributed by atoms with Crippen LogP contribution in [0.5, 0.6) is 0 Å². The predicted molar refractivity (Wildman–Crippen MR) is 78.0 cm³/mol. The van der Waals surface area contributed by atoms with Gasteiger partial charge in [-0.05, 0) is 30.9 Å². The standard InChI is InChI=1S/C16H19NO4/c18-15(19)10-6-2-5-9-14-13(17-16(20)21-14)11-12-7-3-1-4-8-12/h1,3-5,7-9,13-14H,2,6,10-11H2,(H,17,20)(H,18,19)/t13-,14-/m0/s1. The summed E-state index contributed by atoms with van der Waals surface area (Å²) < 4.78 is 5.22. The number of allylic oxidation sites excluding steroid dienone is 1. The summed E-state index contributed by atoms with van der Waals surface area (Å²) >= 11 is 0. The van der Waals surface area contributed by atoms with E-state index in [0.29, 0.717) is 19.3 Å². The van der Waals surface area contributed by atoms with Crippen LogP contribution in [0.25, 0.3) is 0 Å². The molecule has 0 radical (unpaired) electrons. The van der Waals surface area contributed by atoms with Crippen molar-refractivity contribution in [3.8, 4) is 0 Å². The fourth-order valence-electron chi connectivity index (χ4n) is 2.28. The van der Waals surface area contributed by atoms with Gasteiger partial charge < -0.3 is 15.2 Å². The maximum Gasteiger partial charge on any atom is 0.408 e. The van der Waals surface area contributed by atoms with Gasteiger partial charge in [0.1, 0.15) is 6.10 Å². The van der Waals surface area contributed by atoms with Gasteiger partial charge >= 0.3 is 12.1 Å². The number of cyclic esters (lactones) is 1. The van der Waals surface area contributed by atoms with Gasteiger partial charge in [-0.1, -0.05) is 36.4 Å². The second-order valence-electron chi connectivity index (χ2n) is 5.02. The Bertz CT molecular complexity index is 512. The van der Waals surface area contributed by atoms with E-state index in [9.17, 15) is 9.59 Å². The number of hydrogen-bond acceptors (Lipinski definition) is 3. The van der Waals surface area contributed by atoms with Crippen LogP contribution >= 0.6 is 0 Å². The monoisotopic (exact) mass is 289 g/mol. The number of benzene rings is 1. The van der Waals surface area contributed by atoms with Gasteiger partial charge in [0.2, 0.25) is 0 Å². The zero-order valence-electron chi connectivity index (χ0n) is 11.7. The van der Waals surface area contributed by atoms with Crippen molar-refractivity contribution in [2.45, 2.75) is 37.8 Å². The summed E-state index contributed by atoms with van der Waals surface area (Å²) in [6, 6.07) is 9.81. The number of unbranched alkanes of at least 4 members (excludes halogenated alkanes) is 1. The van der Waals surface area contributed by atoms with E-state index in [1.165, 1.54) is 0 Å². The number of alkyl carbamates (subject to hydrolysis) is 1. The van der Waals surface area contributed by atoms with Crippen molar-refractivity contribution in [3.63, 3.8) is 0 Å². The number of amides is 1. The highest BCUT2D eigenvalue weighted by Crippen LogP contribution is 2.16. The number of carbonyl (C=O) groups is 2. The largest absolute Gasteiger partial charge is 0.481 e. The third kappa shape index (κ3) is 4.95. The van der Waals surface area contributed by atoms with Crippen LogP contribution in [0.1, 0.15) is 24.8 Å². The maximum absolute atomic E-state index is 11.4. The lowest BCUT2D eigenvalue weighted by atomic mass is 10.0. The average Bonchev–Trinajstić information content (AvgIpc) is 2.79. The van der Waals surface area contributed by atoms with Crippen LogP contribution in [-0.4, -0.2) is 29.3 Å². The fourth-order valence-corrected chi connectivity index (χ4v) is 2.28. The third-order valence-corrected chi connectivity index (χ3v) is 3.33. The van der Waals surface area contributed by atoms with Crippen LogP contribution in [-0.2, 0) is 16.0 Å². The van der Waals surface area contributed by atoms with E-state index in [0.717, 1.165) is 5.56 Å². The van der Waals surface area contributed by atoms with Gasteiger partial charge in [0, 0.05) is 6.42 Å². The molecule has 1 aliphatic heterocycles. The van der Waals surface area contributed by atoms with Crippen LogP contribution in [0.4, 0.5) is 4.79 Å². The highest BCUT2D eigenvalue weighted by Gasteiger charge is 2.31. The van der Waals surface area contributed by atoms with E-state index in [1.807, 2.05) is 42.5 Å². The minimum Gasteiger partial charge on any atom is -0.481 e. The van der Waals surface area contributed by atoms with Crippen LogP contribution in [0, 0.1) is 0 Å². The molecule has 1 aromatic carbocycles. The highest BCUT2D eigenvalue weighted by atomic mass is 16.6. The molecule has 112 valence electrons. The topological polar surface area (TPSA) is 75.6 Å². The Labute approximate surface area is 123 Å². The van der Waals surface area contributed by atoms with E-state index in [-0.39, 0.29) is 18.6 Å². The Balaban J connectivity index is 1.86. The smallest absolute Gasteiger partial charge is 0.408 e. The van der Waals surface area contributed by atoms with E-state index in [4.69, 9.17) is 9.84 Å². The van der Waals surface area contributed by atoms with Crippen molar-refractivity contribution in [2.75, 3.05) is 0 Å². The molecule has 0 aliphatic carbocycles. The van der Waals surface area contributed by atoms with E-state index < -0.39 is 12.1 Å². The minimum absolute atomic E-state index is 0.0874. The molecule has 0 spiro atoms. The maximum atomic E-state index is 11.4. The normalized spacial score (nSPS) is 21.2. The molecular formula is C16H19NO4. The first-order valence-corrected chi connectivity index (χ1v) is 7.04. The SMILES string of the molecule is O=C(O)CCCC=C[C@@H]1OC(=O)N[C@H]1Cc1ccccc1. The molecular weight excluding hydrogens is 270 g/mol. The van der Waals surface area contributed by atoms with Crippen LogP contribution < -0.4 is 5.32 Å². The highest BCUT2D eigenvalue weighted by molar-refractivity contribution is 5.70. The number of nitrogens with one attached hydrogen (secondary N) is 1. The second-order valence-corrected chi connectivity index (χ2v) is 5.02. The molecule has 0 aromatic heterocycles. The van der Waals surface area contributed by atoms with Gasteiger partial charge in [-0.25, -0.2) is 4.79 Å². The van der Waals surface area contributed by atoms with Crippen molar-refractivity contribution < 1.29 is 19.4 Å². The van der Waals surface area contributed by atoms with Gasteiger partial charge in [0.25, 0.3) is 0 Å². The van der Waals surface area contributed by atoms with E-state index in [2.05, 4.69) is 5.32 Å². The second kappa shape index (κ2) is 7.47. The zero-order chi connectivity index (χ0) is 15.1. The lowest BCUT2D eigenvalue weighted by Gasteiger charge is -2.13. The predicted octanol–water partition coefficient (Wildman–Crippen LogP) is 2.52. The van der Waals surface area contributed by atoms with Crippen molar-refractivity contribution in [1.82, 2.24) is 5.32 Å². The first kappa shape index (κ1) is 15.1. The molecule has 1 fully saturated rings. The fraction of sp³-hybridized carbons (Fsp3) is 0.375. The lowest BCUT2D eigenvalue weighted by Crippen LogP contribution is -2.32. The van der Waals surface area contributed by atoms with Crippen molar-refractivity contribution in [3.05, 3.63) is 48.0 Å². The average molecular weight is 289 g/mol. The van der Waals surface area contributed by atoms with Crippen molar-refractivity contribution in [1.29, 1.82) is 0 Å². The van der Waals surface area contributed by atoms with Crippen molar-refractivity contribution in [2.24, 2.45) is 0 Å². The van der Waals surface area contributed by atoms with Gasteiger partial charge in [0.15, 0.2) is 0 Å². The molecule has 0 bridgehead atoms. The van der Waals surface area contributed by atoms with Gasteiger partial charge in [-0.15, -0.1) is 0 Å². The van der Waals surface area contributed by atoms with Gasteiger partial charge in [-0.2, -0.15) is 0 Å². The van der Waals surface area contributed by atoms with Gasteiger partial charge in [0.05, 0.1) is 6.04 Å². The number of rotatable bonds is 7. The minimum atomic E-state index is -0.792. The Morgan fingerprint density at radius 2 is 2.10 bits per heavy atom. The summed E-state index contributed by atoms with van der Waals surface area (Å²) in [5.41, 5.74) is 1.14. The molecule has 2 atom stereocenters. The zero-order valence-corrected chi connectivity index (χ0v) is 11.7. The Kier molecular flexibility index (Phi) is 5.37. The summed E-state index contributed by atoms with van der Waals surface area (Å²) in [5.74, 6) is -0.792. The molecule has 1 saturated heterocycles. The molecule has 0 unspecified atom stereocenters. The molecule has 1 aliphatic rings. The molecule has 2 rings (SSSR count). The Morgan fingerprint density at radius 3 is 2.81 bits per heavy atom. The molecule has 5 heteroatoms. The number of hydrogen-bond donors (Lipinski definition) is 2. The Hall–Kier alpha value is -2.30. The quantitative estimate of drug-likeness (QED) is 0.597. The summed E-state index contributed by atoms with van der Waals surface area (Å²) in [6.45, 7) is 0. The number of ether oxygens (including phenoxy) is 1. The molecule has 5 nitrogen and oxygen atoms in total. The summed E-state index contributed by atoms with van der Waals surface area (Å²) in [6.07, 6.45) is 5.12. The first-order chi connectivity index (χ1) is 10.1. The lowest BCUT2D eigenvalue weighted by molar-refractivity contribution is -0.137. The Morgan fingerprint density at radius 1 is 1.33 bits per heavy atom. The molecule has 1 amide bonds. The van der Waals surface area contributed by atoms with Crippen LogP contribution in [0.15, 0.2) is 42.5 Å². The van der Waals surface area contributed by atoms with Crippen molar-refractivity contribution >= 4 is 12.1 Å². The summed E-state index contributed by atoms with van der Waals surface area (Å²) in [4.78, 5) is 21.8. The van der Waals surface area contributed by atoms with Gasteiger partial charge in [-0.3, -0.25) is 4.79 Å². The van der Waals surface area contributed by atoms with Crippen LogP contribution in [0.2, 0.25) is 0 Å². The molecule has 2 N–H and O–H groups in total. The molecule has 1 aromatic rings. The van der Waals surface area contributed by atoms with E-state index in [1.54, 1.807) is 0 Å². The summed E-state index contributed by atoms with van der Waals surface area (Å²) in [7, 11) is 0. The summed E-state index contributed by atoms with van der Waals surface area (Å²) in [5, 5.41) is 11.4.